The minimum Gasteiger partial charge on any atom is -0.364 e. The van der Waals surface area contributed by atoms with Crippen LogP contribution in [0.1, 0.15) is 9.75 Å². The van der Waals surface area contributed by atoms with Crippen LogP contribution < -0.4 is 5.32 Å². The first kappa shape index (κ1) is 11.9. The molecule has 0 aliphatic carbocycles. The molecular formula is C11H10BrClN2S. The van der Waals surface area contributed by atoms with Gasteiger partial charge in [0.2, 0.25) is 0 Å². The van der Waals surface area contributed by atoms with Crippen LogP contribution in [0, 0.1) is 6.92 Å². The van der Waals surface area contributed by atoms with Crippen molar-refractivity contribution in [2.45, 2.75) is 13.5 Å². The average molecular weight is 318 g/mol. The van der Waals surface area contributed by atoms with Crippen LogP contribution >= 0.6 is 38.9 Å². The summed E-state index contributed by atoms with van der Waals surface area (Å²) in [7, 11) is 0. The largest absolute Gasteiger partial charge is 0.364 e. The first-order valence-corrected chi connectivity index (χ1v) is 6.74. The molecular weight excluding hydrogens is 308 g/mol. The number of hydrogen-bond acceptors (Lipinski definition) is 3. The van der Waals surface area contributed by atoms with E-state index in [4.69, 9.17) is 11.6 Å². The molecule has 0 aliphatic rings. The van der Waals surface area contributed by atoms with Crippen molar-refractivity contribution in [2.24, 2.45) is 0 Å². The van der Waals surface area contributed by atoms with E-state index in [1.54, 1.807) is 17.5 Å². The first-order valence-electron chi connectivity index (χ1n) is 4.75. The zero-order chi connectivity index (χ0) is 11.5. The van der Waals surface area contributed by atoms with Gasteiger partial charge in [-0.15, -0.1) is 11.3 Å². The number of aryl methyl sites for hydroxylation is 1. The van der Waals surface area contributed by atoms with E-state index >= 15 is 0 Å². The number of halogens is 2. The van der Waals surface area contributed by atoms with Gasteiger partial charge in [-0.1, -0.05) is 11.6 Å². The highest BCUT2D eigenvalue weighted by molar-refractivity contribution is 9.10. The smallest absolute Gasteiger partial charge is 0.140 e. The molecule has 2 nitrogen and oxygen atoms in total. The van der Waals surface area contributed by atoms with Gasteiger partial charge in [0, 0.05) is 16.0 Å². The monoisotopic (exact) mass is 316 g/mol. The number of hydrogen-bond donors (Lipinski definition) is 1. The fourth-order valence-electron chi connectivity index (χ4n) is 1.30. The Morgan fingerprint density at radius 3 is 2.94 bits per heavy atom. The van der Waals surface area contributed by atoms with Crippen LogP contribution in [0.3, 0.4) is 0 Å². The van der Waals surface area contributed by atoms with Crippen molar-refractivity contribution >= 4 is 44.7 Å². The number of nitrogens with zero attached hydrogens (tertiary/aromatic N) is 1. The minimum atomic E-state index is 0.629. The molecule has 0 atom stereocenters. The molecule has 0 saturated heterocycles. The first-order chi connectivity index (χ1) is 7.65. The van der Waals surface area contributed by atoms with Gasteiger partial charge >= 0.3 is 0 Å². The van der Waals surface area contributed by atoms with Crippen LogP contribution in [0.2, 0.25) is 5.02 Å². The predicted molar refractivity (Wildman–Crippen MR) is 73.3 cm³/mol. The number of nitrogens with one attached hydrogen (secondary N) is 1. The van der Waals surface area contributed by atoms with Gasteiger partial charge in [-0.25, -0.2) is 4.98 Å². The number of thiophene rings is 1. The molecule has 84 valence electrons. The lowest BCUT2D eigenvalue weighted by atomic mass is 10.4. The highest BCUT2D eigenvalue weighted by Crippen LogP contribution is 2.24. The summed E-state index contributed by atoms with van der Waals surface area (Å²) in [6.07, 6.45) is 1.63. The molecule has 1 N–H and O–H groups in total. The molecule has 0 amide bonds. The van der Waals surface area contributed by atoms with E-state index in [0.717, 1.165) is 16.8 Å². The molecule has 0 aromatic carbocycles. The summed E-state index contributed by atoms with van der Waals surface area (Å²) in [5, 5.41) is 3.89. The van der Waals surface area contributed by atoms with Crippen molar-refractivity contribution in [1.29, 1.82) is 0 Å². The summed E-state index contributed by atoms with van der Waals surface area (Å²) in [4.78, 5) is 6.83. The fraction of sp³-hybridized carbons (Fsp3) is 0.182. The van der Waals surface area contributed by atoms with Gasteiger partial charge in [0.25, 0.3) is 0 Å². The van der Waals surface area contributed by atoms with Crippen molar-refractivity contribution in [3.8, 4) is 0 Å². The summed E-state index contributed by atoms with van der Waals surface area (Å²) < 4.78 is 0.883. The summed E-state index contributed by atoms with van der Waals surface area (Å²) >= 11 is 11.0. The van der Waals surface area contributed by atoms with Crippen LogP contribution in [-0.2, 0) is 6.54 Å². The standard InChI is InChI=1S/C11H10BrClN2S/c1-7-2-3-9(16-7)6-15-11-10(12)4-8(13)5-14-11/h2-5H,6H2,1H3,(H,14,15). The van der Waals surface area contributed by atoms with Crippen LogP contribution in [0.4, 0.5) is 5.82 Å². The number of pyridine rings is 1. The molecule has 0 radical (unpaired) electrons. The second-order valence-corrected chi connectivity index (χ2v) is 6.01. The van der Waals surface area contributed by atoms with E-state index in [1.165, 1.54) is 9.75 Å². The second kappa shape index (κ2) is 5.17. The van der Waals surface area contributed by atoms with Crippen LogP contribution in [0.25, 0.3) is 0 Å². The Labute approximate surface area is 112 Å². The fourth-order valence-corrected chi connectivity index (χ4v) is 2.90. The third kappa shape index (κ3) is 2.97. The summed E-state index contributed by atoms with van der Waals surface area (Å²) in [5.74, 6) is 0.815. The van der Waals surface area contributed by atoms with E-state index in [-0.39, 0.29) is 0 Å². The van der Waals surface area contributed by atoms with E-state index < -0.39 is 0 Å². The van der Waals surface area contributed by atoms with E-state index in [1.807, 2.05) is 6.07 Å². The number of rotatable bonds is 3. The number of anilines is 1. The van der Waals surface area contributed by atoms with Crippen molar-refractivity contribution in [3.63, 3.8) is 0 Å². The van der Waals surface area contributed by atoms with Gasteiger partial charge in [-0.3, -0.25) is 0 Å². The molecule has 16 heavy (non-hydrogen) atoms. The highest BCUT2D eigenvalue weighted by atomic mass is 79.9. The summed E-state index contributed by atoms with van der Waals surface area (Å²) in [5.41, 5.74) is 0. The Morgan fingerprint density at radius 2 is 2.31 bits per heavy atom. The molecule has 2 aromatic rings. The Bertz CT molecular complexity index is 498. The molecule has 2 heterocycles. The molecule has 0 unspecified atom stereocenters. The third-order valence-corrected chi connectivity index (χ3v) is 3.85. The van der Waals surface area contributed by atoms with Gasteiger partial charge < -0.3 is 5.32 Å². The van der Waals surface area contributed by atoms with Gasteiger partial charge in [0.05, 0.1) is 16.0 Å². The minimum absolute atomic E-state index is 0.629. The molecule has 2 aromatic heterocycles. The van der Waals surface area contributed by atoms with Crippen molar-refractivity contribution in [3.05, 3.63) is 43.6 Å². The Hall–Kier alpha value is -0.580. The van der Waals surface area contributed by atoms with E-state index in [2.05, 4.69) is 45.3 Å². The highest BCUT2D eigenvalue weighted by Gasteiger charge is 2.02. The van der Waals surface area contributed by atoms with Crippen molar-refractivity contribution < 1.29 is 0 Å². The lowest BCUT2D eigenvalue weighted by Crippen LogP contribution is -2.00. The van der Waals surface area contributed by atoms with Gasteiger partial charge in [0.15, 0.2) is 0 Å². The molecule has 0 bridgehead atoms. The lowest BCUT2D eigenvalue weighted by molar-refractivity contribution is 1.13. The summed E-state index contributed by atoms with van der Waals surface area (Å²) in [6, 6.07) is 6.07. The van der Waals surface area contributed by atoms with Crippen LogP contribution in [-0.4, -0.2) is 4.98 Å². The maximum Gasteiger partial charge on any atom is 0.140 e. The van der Waals surface area contributed by atoms with Crippen molar-refractivity contribution in [2.75, 3.05) is 5.32 Å². The molecule has 2 rings (SSSR count). The normalized spacial score (nSPS) is 10.4. The third-order valence-electron chi connectivity index (χ3n) is 2.03. The summed E-state index contributed by atoms with van der Waals surface area (Å²) in [6.45, 7) is 2.89. The zero-order valence-corrected chi connectivity index (χ0v) is 11.8. The topological polar surface area (TPSA) is 24.9 Å². The molecule has 0 saturated carbocycles. The lowest BCUT2D eigenvalue weighted by Gasteiger charge is -2.06. The number of aromatic nitrogens is 1. The molecule has 5 heteroatoms. The SMILES string of the molecule is Cc1ccc(CNc2ncc(Cl)cc2Br)s1. The van der Waals surface area contributed by atoms with E-state index in [9.17, 15) is 0 Å². The van der Waals surface area contributed by atoms with Gasteiger partial charge in [0.1, 0.15) is 5.82 Å². The Kier molecular flexibility index (Phi) is 3.84. The average Bonchev–Trinajstić information content (AvgIpc) is 2.63. The second-order valence-electron chi connectivity index (χ2n) is 3.35. The quantitative estimate of drug-likeness (QED) is 0.903. The van der Waals surface area contributed by atoms with Crippen LogP contribution in [0.5, 0.6) is 0 Å². The Balaban J connectivity index is 2.04. The zero-order valence-electron chi connectivity index (χ0n) is 8.63. The molecule has 0 spiro atoms. The van der Waals surface area contributed by atoms with Crippen molar-refractivity contribution in [1.82, 2.24) is 4.98 Å². The van der Waals surface area contributed by atoms with Gasteiger partial charge in [-0.2, -0.15) is 0 Å². The van der Waals surface area contributed by atoms with Gasteiger partial charge in [-0.05, 0) is 41.1 Å². The van der Waals surface area contributed by atoms with Crippen LogP contribution in [0.15, 0.2) is 28.9 Å². The maximum atomic E-state index is 5.82. The molecule has 0 fully saturated rings. The maximum absolute atomic E-state index is 5.82. The Morgan fingerprint density at radius 1 is 1.50 bits per heavy atom. The molecule has 0 aliphatic heterocycles. The predicted octanol–water partition coefficient (Wildman–Crippen LogP) is 4.48. The van der Waals surface area contributed by atoms with E-state index in [0.29, 0.717) is 5.02 Å².